The van der Waals surface area contributed by atoms with E-state index in [0.29, 0.717) is 22.5 Å². The van der Waals surface area contributed by atoms with Gasteiger partial charge in [-0.25, -0.2) is 14.2 Å². The molecule has 30 heavy (non-hydrogen) atoms. The minimum absolute atomic E-state index is 0.0395. The van der Waals surface area contributed by atoms with Gasteiger partial charge in [0.25, 0.3) is 0 Å². The van der Waals surface area contributed by atoms with Crippen molar-refractivity contribution in [1.29, 1.82) is 0 Å². The Labute approximate surface area is 178 Å². The van der Waals surface area contributed by atoms with Gasteiger partial charge in [0, 0.05) is 17.5 Å². The molecular weight excluding hydrogens is 401 g/mol. The van der Waals surface area contributed by atoms with Crippen molar-refractivity contribution in [2.45, 2.75) is 44.6 Å². The van der Waals surface area contributed by atoms with Crippen LogP contribution in [0.1, 0.15) is 37.8 Å². The summed E-state index contributed by atoms with van der Waals surface area (Å²) in [5, 5.41) is 16.6. The van der Waals surface area contributed by atoms with Crippen LogP contribution in [0.15, 0.2) is 36.4 Å². The normalized spacial score (nSPS) is 27.5. The Kier molecular flexibility index (Phi) is 4.47. The van der Waals surface area contributed by atoms with Crippen LogP contribution in [0.3, 0.4) is 0 Å². The predicted molar refractivity (Wildman–Crippen MR) is 117 cm³/mol. The summed E-state index contributed by atoms with van der Waals surface area (Å²) in [6.07, 6.45) is 2.93. The lowest BCUT2D eigenvalue weighted by Gasteiger charge is -2.53. The Hall–Kier alpha value is -2.67. The Morgan fingerprint density at radius 1 is 1.30 bits per heavy atom. The maximum absolute atomic E-state index is 13.4. The number of rotatable bonds is 2. The first-order valence-corrected chi connectivity index (χ1v) is 11.1. The predicted octanol–water partition coefficient (Wildman–Crippen LogP) is 5.19. The number of phenols is 1. The van der Waals surface area contributed by atoms with Crippen LogP contribution in [0.4, 0.5) is 14.3 Å². The molecule has 2 aliphatic rings. The summed E-state index contributed by atoms with van der Waals surface area (Å²) >= 11 is 1.33. The molecule has 1 aromatic heterocycles. The number of urea groups is 1. The first-order valence-electron chi connectivity index (χ1n) is 10.3. The number of nitrogens with zero attached hydrogens (tertiary/aromatic N) is 1. The molecule has 3 N–H and O–H groups in total. The van der Waals surface area contributed by atoms with Crippen LogP contribution in [0.5, 0.6) is 5.75 Å². The van der Waals surface area contributed by atoms with Gasteiger partial charge in [-0.2, -0.15) is 0 Å². The summed E-state index contributed by atoms with van der Waals surface area (Å²) in [7, 11) is 0. The quantitative estimate of drug-likeness (QED) is 0.529. The number of carbonyl (C=O) groups is 1. The fourth-order valence-electron chi connectivity index (χ4n) is 5.34. The molecule has 5 nitrogen and oxygen atoms in total. The lowest BCUT2D eigenvalue weighted by molar-refractivity contribution is 0.0995. The van der Waals surface area contributed by atoms with Crippen LogP contribution in [0.2, 0.25) is 0 Å². The Morgan fingerprint density at radius 3 is 2.97 bits per heavy atom. The number of hydrogen-bond donors (Lipinski definition) is 3. The van der Waals surface area contributed by atoms with Crippen LogP contribution in [0.25, 0.3) is 10.2 Å². The van der Waals surface area contributed by atoms with E-state index in [-0.39, 0.29) is 29.1 Å². The molecular formula is C23H24FN3O2S. The molecule has 3 aromatic rings. The molecule has 1 saturated carbocycles. The number of anilines is 1. The highest BCUT2D eigenvalue weighted by Crippen LogP contribution is 2.51. The highest BCUT2D eigenvalue weighted by Gasteiger charge is 2.51. The highest BCUT2D eigenvalue weighted by molar-refractivity contribution is 7.22. The average molecular weight is 426 g/mol. The average Bonchev–Trinajstić information content (AvgIpc) is 3.09. The van der Waals surface area contributed by atoms with Crippen molar-refractivity contribution in [3.8, 4) is 5.75 Å². The molecule has 4 atom stereocenters. The number of amides is 2. The summed E-state index contributed by atoms with van der Waals surface area (Å²) in [4.78, 5) is 17.2. The van der Waals surface area contributed by atoms with Crippen molar-refractivity contribution in [2.75, 3.05) is 5.32 Å². The van der Waals surface area contributed by atoms with E-state index in [1.54, 1.807) is 12.1 Å². The van der Waals surface area contributed by atoms with Gasteiger partial charge in [0.15, 0.2) is 5.13 Å². The second-order valence-corrected chi connectivity index (χ2v) is 9.88. The van der Waals surface area contributed by atoms with Crippen molar-refractivity contribution in [1.82, 2.24) is 10.3 Å². The number of hydrogen-bond acceptors (Lipinski definition) is 4. The van der Waals surface area contributed by atoms with Crippen LogP contribution in [-0.2, 0) is 11.8 Å². The van der Waals surface area contributed by atoms with Gasteiger partial charge in [0.2, 0.25) is 0 Å². The third kappa shape index (κ3) is 3.12. The topological polar surface area (TPSA) is 74.2 Å². The third-order valence-corrected chi connectivity index (χ3v) is 7.94. The van der Waals surface area contributed by atoms with E-state index in [2.05, 4.69) is 29.5 Å². The molecule has 0 spiro atoms. The summed E-state index contributed by atoms with van der Waals surface area (Å²) in [6.45, 7) is 4.44. The molecule has 2 amide bonds. The molecule has 156 valence electrons. The van der Waals surface area contributed by atoms with Crippen LogP contribution >= 0.6 is 11.3 Å². The van der Waals surface area contributed by atoms with E-state index in [1.165, 1.54) is 29.0 Å². The van der Waals surface area contributed by atoms with Crippen molar-refractivity contribution in [3.63, 3.8) is 0 Å². The second-order valence-electron chi connectivity index (χ2n) is 8.85. The van der Waals surface area contributed by atoms with Crippen LogP contribution in [-0.4, -0.2) is 22.2 Å². The Balaban J connectivity index is 1.41. The van der Waals surface area contributed by atoms with Gasteiger partial charge >= 0.3 is 6.03 Å². The number of aromatic nitrogens is 1. The van der Waals surface area contributed by atoms with E-state index < -0.39 is 0 Å². The Bertz CT molecular complexity index is 1150. The molecule has 7 heteroatoms. The van der Waals surface area contributed by atoms with Gasteiger partial charge in [-0.05, 0) is 66.5 Å². The third-order valence-electron chi connectivity index (χ3n) is 6.99. The Morgan fingerprint density at radius 2 is 2.13 bits per heavy atom. The maximum atomic E-state index is 13.4. The summed E-state index contributed by atoms with van der Waals surface area (Å²) in [5.74, 6) is 0.742. The number of fused-ring (bicyclic) bond motifs is 5. The molecule has 1 heterocycles. The second kappa shape index (κ2) is 6.94. The molecule has 1 unspecified atom stereocenters. The van der Waals surface area contributed by atoms with Gasteiger partial charge < -0.3 is 10.4 Å². The summed E-state index contributed by atoms with van der Waals surface area (Å²) < 4.78 is 14.2. The summed E-state index contributed by atoms with van der Waals surface area (Å²) in [6, 6.07) is 9.72. The van der Waals surface area contributed by atoms with Crippen molar-refractivity contribution < 1.29 is 14.3 Å². The minimum atomic E-state index is -0.345. The molecule has 0 radical (unpaired) electrons. The minimum Gasteiger partial charge on any atom is -0.508 e. The molecule has 2 bridgehead atoms. The molecule has 1 fully saturated rings. The molecule has 0 aliphatic heterocycles. The van der Waals surface area contributed by atoms with Gasteiger partial charge in [0.05, 0.1) is 10.2 Å². The first-order chi connectivity index (χ1) is 14.3. The zero-order valence-corrected chi connectivity index (χ0v) is 17.7. The van der Waals surface area contributed by atoms with Crippen molar-refractivity contribution >= 4 is 32.7 Å². The van der Waals surface area contributed by atoms with Crippen molar-refractivity contribution in [2.24, 2.45) is 11.8 Å². The first kappa shape index (κ1) is 19.3. The number of nitrogens with one attached hydrogen (secondary N) is 2. The van der Waals surface area contributed by atoms with Gasteiger partial charge in [-0.3, -0.25) is 5.32 Å². The van der Waals surface area contributed by atoms with E-state index in [9.17, 15) is 14.3 Å². The lowest BCUT2D eigenvalue weighted by atomic mass is 9.54. The number of aromatic hydroxyl groups is 1. The number of benzene rings is 2. The fourth-order valence-corrected chi connectivity index (χ4v) is 6.18. The number of halogens is 1. The van der Waals surface area contributed by atoms with E-state index in [4.69, 9.17) is 0 Å². The number of phenolic OH excluding ortho intramolecular Hbond substituents is 1. The zero-order chi connectivity index (χ0) is 21.0. The van der Waals surface area contributed by atoms with Crippen LogP contribution in [0, 0.1) is 17.7 Å². The molecule has 0 saturated heterocycles. The zero-order valence-electron chi connectivity index (χ0n) is 16.9. The van der Waals surface area contributed by atoms with E-state index in [0.717, 1.165) is 29.5 Å². The highest BCUT2D eigenvalue weighted by atomic mass is 32.1. The van der Waals surface area contributed by atoms with E-state index in [1.807, 2.05) is 12.1 Å². The lowest BCUT2D eigenvalue weighted by Crippen LogP contribution is -2.61. The van der Waals surface area contributed by atoms with E-state index >= 15 is 0 Å². The number of thiazole rings is 1. The van der Waals surface area contributed by atoms with Gasteiger partial charge in [0.1, 0.15) is 11.6 Å². The SMILES string of the molecule is CC1CC[C@@]2(C)c3cc(O)ccc3C[C@@H]1[C@@H]2NC(=O)Nc1nc2cc(F)ccc2s1. The van der Waals surface area contributed by atoms with Crippen LogP contribution < -0.4 is 10.6 Å². The largest absolute Gasteiger partial charge is 0.508 e. The van der Waals surface area contributed by atoms with Gasteiger partial charge in [-0.1, -0.05) is 31.3 Å². The fraction of sp³-hybridized carbons (Fsp3) is 0.391. The molecule has 2 aromatic carbocycles. The molecule has 5 rings (SSSR count). The monoisotopic (exact) mass is 425 g/mol. The molecule has 2 aliphatic carbocycles. The maximum Gasteiger partial charge on any atom is 0.321 e. The smallest absolute Gasteiger partial charge is 0.321 e. The van der Waals surface area contributed by atoms with Crippen molar-refractivity contribution in [3.05, 3.63) is 53.3 Å². The number of carbonyl (C=O) groups excluding carboxylic acids is 1. The summed E-state index contributed by atoms with van der Waals surface area (Å²) in [5.41, 5.74) is 2.69. The van der Waals surface area contributed by atoms with Gasteiger partial charge in [-0.15, -0.1) is 0 Å². The standard InChI is InChI=1S/C23H24FN3O2S/c1-12-7-8-23(2)17-11-15(28)5-3-13(17)9-16(12)20(23)26-21(29)27-22-25-18-10-14(24)4-6-19(18)30-22/h3-6,10-12,16,20,28H,7-9H2,1-2H3,(H2,25,26,27,29)/t12?,16-,20-,23-/m0/s1.